The number of thiophene rings is 1. The third-order valence-corrected chi connectivity index (χ3v) is 5.67. The molecule has 0 saturated heterocycles. The van der Waals surface area contributed by atoms with Gasteiger partial charge in [0.25, 0.3) is 0 Å². The van der Waals surface area contributed by atoms with Crippen LogP contribution in [0.2, 0.25) is 0 Å². The van der Waals surface area contributed by atoms with E-state index < -0.39 is 0 Å². The second-order valence-electron chi connectivity index (χ2n) is 6.49. The van der Waals surface area contributed by atoms with E-state index in [2.05, 4.69) is 27.9 Å². The molecule has 5 nitrogen and oxygen atoms in total. The van der Waals surface area contributed by atoms with Crippen LogP contribution in [0.5, 0.6) is 0 Å². The molecule has 0 radical (unpaired) electrons. The fourth-order valence-corrected chi connectivity index (χ4v) is 4.22. The summed E-state index contributed by atoms with van der Waals surface area (Å²) >= 11 is 1.72. The van der Waals surface area contributed by atoms with E-state index in [0.29, 0.717) is 6.54 Å². The Labute approximate surface area is 152 Å². The standard InChI is InChI=1S/C19H24N4OS/c1-12(18-13(2)21-23(5)14(18)3)20-19(24)22(4)10-15-11-25-17-9-7-6-8-16(15)17/h6-9,11-12H,10H2,1-5H3,(H,20,24)/t12-/m1/s1. The van der Waals surface area contributed by atoms with Crippen LogP contribution < -0.4 is 5.32 Å². The van der Waals surface area contributed by atoms with Crippen LogP contribution in [0.3, 0.4) is 0 Å². The van der Waals surface area contributed by atoms with Crippen LogP contribution in [0.25, 0.3) is 10.1 Å². The summed E-state index contributed by atoms with van der Waals surface area (Å²) in [5, 5.41) is 10.9. The van der Waals surface area contributed by atoms with Gasteiger partial charge in [-0.3, -0.25) is 4.68 Å². The summed E-state index contributed by atoms with van der Waals surface area (Å²) in [6, 6.07) is 8.14. The number of hydrogen-bond acceptors (Lipinski definition) is 3. The topological polar surface area (TPSA) is 50.2 Å². The SMILES string of the molecule is Cc1nn(C)c(C)c1[C@@H](C)NC(=O)N(C)Cc1csc2ccccc12. The van der Waals surface area contributed by atoms with Crippen molar-refractivity contribution in [2.45, 2.75) is 33.4 Å². The first-order valence-electron chi connectivity index (χ1n) is 8.35. The Morgan fingerprint density at radius 1 is 1.36 bits per heavy atom. The highest BCUT2D eigenvalue weighted by molar-refractivity contribution is 7.17. The van der Waals surface area contributed by atoms with Crippen LogP contribution in [0.15, 0.2) is 29.6 Å². The number of nitrogens with one attached hydrogen (secondary N) is 1. The molecule has 0 bridgehead atoms. The van der Waals surface area contributed by atoms with Crippen molar-refractivity contribution in [2.75, 3.05) is 7.05 Å². The highest BCUT2D eigenvalue weighted by atomic mass is 32.1. The fraction of sp³-hybridized carbons (Fsp3) is 0.368. The maximum Gasteiger partial charge on any atom is 0.317 e. The van der Waals surface area contributed by atoms with Gasteiger partial charge in [-0.15, -0.1) is 11.3 Å². The molecule has 6 heteroatoms. The minimum Gasteiger partial charge on any atom is -0.331 e. The molecule has 0 saturated carbocycles. The average Bonchev–Trinajstić information content (AvgIpc) is 3.08. The normalized spacial score (nSPS) is 12.4. The molecule has 3 aromatic rings. The number of rotatable bonds is 4. The third kappa shape index (κ3) is 3.39. The first-order chi connectivity index (χ1) is 11.9. The number of hydrogen-bond donors (Lipinski definition) is 1. The van der Waals surface area contributed by atoms with Gasteiger partial charge in [-0.25, -0.2) is 4.79 Å². The predicted molar refractivity (Wildman–Crippen MR) is 103 cm³/mol. The first-order valence-corrected chi connectivity index (χ1v) is 9.23. The lowest BCUT2D eigenvalue weighted by molar-refractivity contribution is 0.203. The number of nitrogens with zero attached hydrogens (tertiary/aromatic N) is 3. The van der Waals surface area contributed by atoms with E-state index in [9.17, 15) is 4.79 Å². The molecule has 3 rings (SSSR count). The highest BCUT2D eigenvalue weighted by Gasteiger charge is 2.20. The van der Waals surface area contributed by atoms with Crippen LogP contribution in [-0.4, -0.2) is 27.8 Å². The molecule has 0 aliphatic rings. The lowest BCUT2D eigenvalue weighted by Crippen LogP contribution is -2.38. The largest absolute Gasteiger partial charge is 0.331 e. The van der Waals surface area contributed by atoms with Gasteiger partial charge < -0.3 is 10.2 Å². The van der Waals surface area contributed by atoms with Gasteiger partial charge in [0, 0.05) is 36.6 Å². The van der Waals surface area contributed by atoms with Crippen LogP contribution in [0.1, 0.15) is 35.5 Å². The second kappa shape index (κ2) is 6.88. The van der Waals surface area contributed by atoms with E-state index in [-0.39, 0.29) is 12.1 Å². The van der Waals surface area contributed by atoms with E-state index in [1.807, 2.05) is 51.7 Å². The summed E-state index contributed by atoms with van der Waals surface area (Å²) in [5.74, 6) is 0. The second-order valence-corrected chi connectivity index (χ2v) is 7.40. The Hall–Kier alpha value is -2.34. The van der Waals surface area contributed by atoms with Crippen LogP contribution in [0.4, 0.5) is 4.79 Å². The number of carbonyl (C=O) groups excluding carboxylic acids is 1. The van der Waals surface area contributed by atoms with Crippen molar-refractivity contribution >= 4 is 27.5 Å². The molecular formula is C19H24N4OS. The van der Waals surface area contributed by atoms with Gasteiger partial charge in [-0.1, -0.05) is 18.2 Å². The summed E-state index contributed by atoms with van der Waals surface area (Å²) in [5.41, 5.74) is 4.31. The minimum atomic E-state index is -0.0807. The van der Waals surface area contributed by atoms with E-state index in [4.69, 9.17) is 0 Å². The Kier molecular flexibility index (Phi) is 4.81. The molecule has 2 aromatic heterocycles. The zero-order valence-corrected chi connectivity index (χ0v) is 16.1. The minimum absolute atomic E-state index is 0.0783. The summed E-state index contributed by atoms with van der Waals surface area (Å²) in [4.78, 5) is 14.3. The number of urea groups is 1. The molecule has 0 aliphatic heterocycles. The summed E-state index contributed by atoms with van der Waals surface area (Å²) in [7, 11) is 3.76. The van der Waals surface area contributed by atoms with Crippen molar-refractivity contribution in [3.05, 3.63) is 52.2 Å². The first kappa shape index (κ1) is 17.5. The molecule has 0 aliphatic carbocycles. The highest BCUT2D eigenvalue weighted by Crippen LogP contribution is 2.26. The number of aryl methyl sites for hydroxylation is 2. The Balaban J connectivity index is 1.70. The molecule has 2 amide bonds. The van der Waals surface area contributed by atoms with Crippen molar-refractivity contribution in [2.24, 2.45) is 7.05 Å². The molecule has 0 fully saturated rings. The van der Waals surface area contributed by atoms with E-state index in [1.54, 1.807) is 16.2 Å². The fourth-order valence-electron chi connectivity index (χ4n) is 3.27. The van der Waals surface area contributed by atoms with E-state index in [0.717, 1.165) is 17.0 Å². The molecule has 1 N–H and O–H groups in total. The molecule has 25 heavy (non-hydrogen) atoms. The molecule has 1 aromatic carbocycles. The number of aromatic nitrogens is 2. The monoisotopic (exact) mass is 356 g/mol. The van der Waals surface area contributed by atoms with Gasteiger partial charge >= 0.3 is 6.03 Å². The number of benzene rings is 1. The maximum absolute atomic E-state index is 12.6. The molecule has 1 atom stereocenters. The Bertz CT molecular complexity index is 911. The molecular weight excluding hydrogens is 332 g/mol. The van der Waals surface area contributed by atoms with Crippen molar-refractivity contribution in [3.8, 4) is 0 Å². The predicted octanol–water partition coefficient (Wildman–Crippen LogP) is 4.15. The Morgan fingerprint density at radius 3 is 2.76 bits per heavy atom. The van der Waals surface area contributed by atoms with E-state index >= 15 is 0 Å². The average molecular weight is 356 g/mol. The summed E-state index contributed by atoms with van der Waals surface area (Å²) in [6.07, 6.45) is 0. The third-order valence-electron chi connectivity index (χ3n) is 4.65. The number of fused-ring (bicyclic) bond motifs is 1. The Morgan fingerprint density at radius 2 is 2.08 bits per heavy atom. The van der Waals surface area contributed by atoms with Crippen molar-refractivity contribution in [3.63, 3.8) is 0 Å². The molecule has 132 valence electrons. The van der Waals surface area contributed by atoms with Gasteiger partial charge in [-0.05, 0) is 43.2 Å². The zero-order chi connectivity index (χ0) is 18.1. The van der Waals surface area contributed by atoms with Gasteiger partial charge in [-0.2, -0.15) is 5.10 Å². The smallest absolute Gasteiger partial charge is 0.317 e. The lowest BCUT2D eigenvalue weighted by atomic mass is 10.1. The molecule has 0 spiro atoms. The van der Waals surface area contributed by atoms with Crippen LogP contribution >= 0.6 is 11.3 Å². The number of carbonyl (C=O) groups is 1. The number of amides is 2. The van der Waals surface area contributed by atoms with Gasteiger partial charge in [0.1, 0.15) is 0 Å². The van der Waals surface area contributed by atoms with Crippen LogP contribution in [-0.2, 0) is 13.6 Å². The summed E-state index contributed by atoms with van der Waals surface area (Å²) < 4.78 is 3.11. The van der Waals surface area contributed by atoms with Crippen molar-refractivity contribution in [1.82, 2.24) is 20.0 Å². The van der Waals surface area contributed by atoms with Gasteiger partial charge in [0.15, 0.2) is 0 Å². The van der Waals surface area contributed by atoms with Crippen LogP contribution in [0, 0.1) is 13.8 Å². The van der Waals surface area contributed by atoms with Crippen molar-refractivity contribution < 1.29 is 4.79 Å². The quantitative estimate of drug-likeness (QED) is 0.763. The zero-order valence-electron chi connectivity index (χ0n) is 15.3. The van der Waals surface area contributed by atoms with Crippen molar-refractivity contribution in [1.29, 1.82) is 0 Å². The molecule has 0 unspecified atom stereocenters. The van der Waals surface area contributed by atoms with E-state index in [1.165, 1.54) is 15.6 Å². The summed E-state index contributed by atoms with van der Waals surface area (Å²) in [6.45, 7) is 6.60. The maximum atomic E-state index is 12.6. The molecule has 2 heterocycles. The van der Waals surface area contributed by atoms with Gasteiger partial charge in [0.05, 0.1) is 11.7 Å². The lowest BCUT2D eigenvalue weighted by Gasteiger charge is -2.21. The van der Waals surface area contributed by atoms with Gasteiger partial charge in [0.2, 0.25) is 0 Å².